The first-order valence-corrected chi connectivity index (χ1v) is 8.92. The van der Waals surface area contributed by atoms with Crippen molar-refractivity contribution in [2.45, 2.75) is 38.6 Å². The van der Waals surface area contributed by atoms with Gasteiger partial charge in [0.15, 0.2) is 0 Å². The topological polar surface area (TPSA) is 112 Å². The third-order valence-electron chi connectivity index (χ3n) is 4.26. The molecule has 1 atom stereocenters. The number of carboxylic acids is 1. The van der Waals surface area contributed by atoms with Crippen LogP contribution in [0.5, 0.6) is 0 Å². The van der Waals surface area contributed by atoms with Crippen LogP contribution < -0.4 is 10.4 Å². The third-order valence-corrected chi connectivity index (χ3v) is 4.58. The number of aliphatic carboxylic acids is 1. The van der Waals surface area contributed by atoms with Crippen LogP contribution in [-0.2, 0) is 10.2 Å². The average Bonchev–Trinajstić information content (AvgIpc) is 2.60. The van der Waals surface area contributed by atoms with Gasteiger partial charge >= 0.3 is 0 Å². The quantitative estimate of drug-likeness (QED) is 0.588. The molecule has 0 aliphatic heterocycles. The average molecular weight is 404 g/mol. The highest BCUT2D eigenvalue weighted by Gasteiger charge is 2.21. The highest BCUT2D eigenvalue weighted by molar-refractivity contribution is 6.32. The predicted octanol–water partition coefficient (Wildman–Crippen LogP) is 3.16. The molecular weight excluding hydrogens is 384 g/mol. The smallest absolute Gasteiger partial charge is 0.288 e. The van der Waals surface area contributed by atoms with Gasteiger partial charge in [-0.05, 0) is 28.7 Å². The Morgan fingerprint density at radius 1 is 1.14 bits per heavy atom. The van der Waals surface area contributed by atoms with E-state index in [1.165, 1.54) is 12.1 Å². The summed E-state index contributed by atoms with van der Waals surface area (Å²) in [5.74, 6) is -1.97. The van der Waals surface area contributed by atoms with Crippen LogP contribution in [0.25, 0.3) is 0 Å². The molecule has 0 unspecified atom stereocenters. The molecule has 1 N–H and O–H groups in total. The van der Waals surface area contributed by atoms with Crippen molar-refractivity contribution in [3.8, 4) is 0 Å². The summed E-state index contributed by atoms with van der Waals surface area (Å²) in [4.78, 5) is 34.0. The highest BCUT2D eigenvalue weighted by Crippen LogP contribution is 2.27. The number of nitro groups is 1. The second kappa shape index (κ2) is 8.39. The molecular formula is C20H20ClN2O5-. The molecule has 0 bridgehead atoms. The van der Waals surface area contributed by atoms with Crippen LogP contribution in [-0.4, -0.2) is 16.8 Å². The number of halogens is 1. The minimum atomic E-state index is -1.33. The summed E-state index contributed by atoms with van der Waals surface area (Å²) < 4.78 is 0. The summed E-state index contributed by atoms with van der Waals surface area (Å²) in [5, 5.41) is 24.7. The molecule has 0 heterocycles. The van der Waals surface area contributed by atoms with E-state index in [9.17, 15) is 24.8 Å². The number of carbonyl (C=O) groups is 2. The molecule has 0 fully saturated rings. The van der Waals surface area contributed by atoms with E-state index in [0.717, 1.165) is 11.6 Å². The van der Waals surface area contributed by atoms with Crippen molar-refractivity contribution in [2.75, 3.05) is 0 Å². The van der Waals surface area contributed by atoms with Crippen molar-refractivity contribution in [3.05, 3.63) is 74.3 Å². The number of carbonyl (C=O) groups excluding carboxylic acids is 2. The summed E-state index contributed by atoms with van der Waals surface area (Å²) in [6, 6.07) is 10.0. The van der Waals surface area contributed by atoms with E-state index in [4.69, 9.17) is 11.6 Å². The Kier molecular flexibility index (Phi) is 6.41. The molecule has 0 aromatic heterocycles. The Hall–Kier alpha value is -2.93. The number of nitro benzene ring substituents is 1. The van der Waals surface area contributed by atoms with Gasteiger partial charge in [-0.15, -0.1) is 0 Å². The van der Waals surface area contributed by atoms with Crippen LogP contribution in [0.4, 0.5) is 5.69 Å². The molecule has 0 saturated heterocycles. The SMILES string of the molecule is CC(C)(C)c1ccc([C@H](CC(=O)[O-])NC(=O)c2ccc(Cl)c([N+](=O)[O-])c2)cc1. The molecule has 0 saturated carbocycles. The van der Waals surface area contributed by atoms with Crippen molar-refractivity contribution < 1.29 is 19.6 Å². The Morgan fingerprint density at radius 3 is 2.25 bits per heavy atom. The zero-order valence-corrected chi connectivity index (χ0v) is 16.4. The molecule has 2 aromatic carbocycles. The van der Waals surface area contributed by atoms with Crippen LogP contribution in [0.2, 0.25) is 5.02 Å². The molecule has 2 rings (SSSR count). The largest absolute Gasteiger partial charge is 0.550 e. The maximum Gasteiger partial charge on any atom is 0.288 e. The van der Waals surface area contributed by atoms with Gasteiger partial charge < -0.3 is 15.2 Å². The van der Waals surface area contributed by atoms with Crippen molar-refractivity contribution in [3.63, 3.8) is 0 Å². The number of rotatable bonds is 6. The van der Waals surface area contributed by atoms with E-state index in [2.05, 4.69) is 26.1 Å². The minimum Gasteiger partial charge on any atom is -0.550 e. The number of amides is 1. The van der Waals surface area contributed by atoms with Gasteiger partial charge in [0.25, 0.3) is 11.6 Å². The predicted molar refractivity (Wildman–Crippen MR) is 103 cm³/mol. The Bertz CT molecular complexity index is 904. The normalized spacial score (nSPS) is 12.3. The molecule has 0 aliphatic carbocycles. The van der Waals surface area contributed by atoms with Gasteiger partial charge in [-0.1, -0.05) is 56.6 Å². The van der Waals surface area contributed by atoms with E-state index in [1.807, 2.05) is 12.1 Å². The van der Waals surface area contributed by atoms with Crippen LogP contribution in [0.3, 0.4) is 0 Å². The molecule has 0 radical (unpaired) electrons. The number of carboxylic acid groups (broad SMARTS) is 1. The van der Waals surface area contributed by atoms with Gasteiger partial charge in [-0.25, -0.2) is 0 Å². The Balaban J connectivity index is 2.29. The molecule has 0 aliphatic rings. The zero-order chi connectivity index (χ0) is 21.1. The Labute approximate surface area is 167 Å². The molecule has 2 aromatic rings. The standard InChI is InChI=1S/C20H21ClN2O5/c1-20(2,3)14-7-4-12(5-8-14)16(11-18(24)25)22-19(26)13-6-9-15(21)17(10-13)23(27)28/h4-10,16H,11H2,1-3H3,(H,22,26)(H,24,25)/p-1/t16-/m0/s1. The second-order valence-electron chi connectivity index (χ2n) is 7.40. The molecule has 1 amide bonds. The second-order valence-corrected chi connectivity index (χ2v) is 7.80. The summed E-state index contributed by atoms with van der Waals surface area (Å²) in [5.41, 5.74) is 1.18. The number of nitrogens with one attached hydrogen (secondary N) is 1. The molecule has 0 spiro atoms. The maximum atomic E-state index is 12.5. The fraction of sp³-hybridized carbons (Fsp3) is 0.300. The molecule has 148 valence electrons. The number of benzene rings is 2. The van der Waals surface area contributed by atoms with Crippen molar-refractivity contribution >= 4 is 29.2 Å². The van der Waals surface area contributed by atoms with E-state index < -0.39 is 34.9 Å². The van der Waals surface area contributed by atoms with Gasteiger partial charge in [0, 0.05) is 24.0 Å². The van der Waals surface area contributed by atoms with Crippen molar-refractivity contribution in [2.24, 2.45) is 0 Å². The first-order valence-electron chi connectivity index (χ1n) is 8.54. The minimum absolute atomic E-state index is 0.00533. The summed E-state index contributed by atoms with van der Waals surface area (Å²) >= 11 is 5.76. The van der Waals surface area contributed by atoms with Gasteiger partial charge in [-0.3, -0.25) is 14.9 Å². The van der Waals surface area contributed by atoms with E-state index >= 15 is 0 Å². The van der Waals surface area contributed by atoms with E-state index in [0.29, 0.717) is 5.56 Å². The summed E-state index contributed by atoms with van der Waals surface area (Å²) in [7, 11) is 0. The summed E-state index contributed by atoms with van der Waals surface area (Å²) in [6.45, 7) is 6.15. The maximum absolute atomic E-state index is 12.5. The molecule has 8 heteroatoms. The molecule has 28 heavy (non-hydrogen) atoms. The lowest BCUT2D eigenvalue weighted by molar-refractivity contribution is -0.384. The van der Waals surface area contributed by atoms with Crippen molar-refractivity contribution in [1.29, 1.82) is 0 Å². The fourth-order valence-corrected chi connectivity index (χ4v) is 2.86. The van der Waals surface area contributed by atoms with Crippen LogP contribution in [0, 0.1) is 10.1 Å². The van der Waals surface area contributed by atoms with E-state index in [1.54, 1.807) is 12.1 Å². The van der Waals surface area contributed by atoms with Gasteiger partial charge in [0.2, 0.25) is 0 Å². The van der Waals surface area contributed by atoms with Crippen LogP contribution in [0.15, 0.2) is 42.5 Å². The zero-order valence-electron chi connectivity index (χ0n) is 15.7. The monoisotopic (exact) mass is 403 g/mol. The highest BCUT2D eigenvalue weighted by atomic mass is 35.5. The van der Waals surface area contributed by atoms with Gasteiger partial charge in [0.05, 0.1) is 11.0 Å². The number of hydrogen-bond donors (Lipinski definition) is 1. The molecule has 7 nitrogen and oxygen atoms in total. The van der Waals surface area contributed by atoms with Crippen LogP contribution in [0.1, 0.15) is 54.7 Å². The number of nitrogens with zero attached hydrogens (tertiary/aromatic N) is 1. The van der Waals surface area contributed by atoms with Gasteiger partial charge in [0.1, 0.15) is 5.02 Å². The first kappa shape index (κ1) is 21.4. The summed E-state index contributed by atoms with van der Waals surface area (Å²) in [6.07, 6.45) is -0.434. The van der Waals surface area contributed by atoms with Gasteiger partial charge in [-0.2, -0.15) is 0 Å². The fourth-order valence-electron chi connectivity index (χ4n) is 2.67. The number of hydrogen-bond acceptors (Lipinski definition) is 5. The first-order chi connectivity index (χ1) is 13.0. The lowest BCUT2D eigenvalue weighted by atomic mass is 9.86. The van der Waals surface area contributed by atoms with E-state index in [-0.39, 0.29) is 16.0 Å². The lowest BCUT2D eigenvalue weighted by Gasteiger charge is -2.23. The van der Waals surface area contributed by atoms with Crippen molar-refractivity contribution in [1.82, 2.24) is 5.32 Å². The van der Waals surface area contributed by atoms with Crippen LogP contribution >= 0.6 is 11.6 Å². The lowest BCUT2D eigenvalue weighted by Crippen LogP contribution is -2.34. The third kappa shape index (κ3) is 5.29. The Morgan fingerprint density at radius 2 is 1.75 bits per heavy atom.